The lowest BCUT2D eigenvalue weighted by atomic mass is 10.1. The number of nitrogens with zero attached hydrogens (tertiary/aromatic N) is 1. The van der Waals surface area contributed by atoms with Gasteiger partial charge in [0.05, 0.1) is 0 Å². The van der Waals surface area contributed by atoms with Crippen LogP contribution < -0.4 is 4.72 Å². The molecule has 0 spiro atoms. The third-order valence-electron chi connectivity index (χ3n) is 2.85. The summed E-state index contributed by atoms with van der Waals surface area (Å²) in [5.74, 6) is 0. The van der Waals surface area contributed by atoms with Crippen LogP contribution in [0.5, 0.6) is 0 Å². The number of benzene rings is 1. The molecule has 0 aliphatic rings. The molecule has 0 fully saturated rings. The summed E-state index contributed by atoms with van der Waals surface area (Å²) in [4.78, 5) is 4.02. The fraction of sp³-hybridized carbons (Fsp3) is 0.214. The van der Waals surface area contributed by atoms with E-state index in [1.165, 1.54) is 12.3 Å². The van der Waals surface area contributed by atoms with Gasteiger partial charge in [0.15, 0.2) is 0 Å². The summed E-state index contributed by atoms with van der Waals surface area (Å²) < 4.78 is 27.2. The fourth-order valence-electron chi connectivity index (χ4n) is 1.83. The lowest BCUT2D eigenvalue weighted by Crippen LogP contribution is -2.28. The molecule has 0 aliphatic carbocycles. The van der Waals surface area contributed by atoms with Crippen molar-refractivity contribution in [2.45, 2.75) is 24.3 Å². The van der Waals surface area contributed by atoms with Gasteiger partial charge in [-0.25, -0.2) is 13.1 Å². The molecule has 4 nitrogen and oxygen atoms in total. The monoisotopic (exact) mass is 276 g/mol. The number of nitrogens with one attached hydrogen (secondary N) is 1. The number of hydrogen-bond donors (Lipinski definition) is 1. The molecule has 1 N–H and O–H groups in total. The van der Waals surface area contributed by atoms with Crippen LogP contribution in [0.2, 0.25) is 0 Å². The summed E-state index contributed by atoms with van der Waals surface area (Å²) in [5, 5.41) is 0. The van der Waals surface area contributed by atoms with Gasteiger partial charge in [0.1, 0.15) is 4.90 Å². The van der Waals surface area contributed by atoms with E-state index < -0.39 is 10.0 Å². The molecule has 5 heteroatoms. The van der Waals surface area contributed by atoms with E-state index >= 15 is 0 Å². The van der Waals surface area contributed by atoms with Gasteiger partial charge in [-0.1, -0.05) is 37.3 Å². The zero-order valence-electron chi connectivity index (χ0n) is 10.7. The zero-order valence-corrected chi connectivity index (χ0v) is 11.5. The Morgan fingerprint density at radius 3 is 2.47 bits per heavy atom. The van der Waals surface area contributed by atoms with Gasteiger partial charge in [0, 0.05) is 18.4 Å². The first-order chi connectivity index (χ1) is 9.13. The van der Waals surface area contributed by atoms with E-state index in [0.717, 1.165) is 5.56 Å². The minimum atomic E-state index is -3.53. The molecule has 1 heterocycles. The van der Waals surface area contributed by atoms with Gasteiger partial charge in [0.2, 0.25) is 10.0 Å². The van der Waals surface area contributed by atoms with Gasteiger partial charge in [-0.2, -0.15) is 0 Å². The number of rotatable bonds is 5. The lowest BCUT2D eigenvalue weighted by molar-refractivity contribution is 0.550. The minimum Gasteiger partial charge on any atom is -0.263 e. The van der Waals surface area contributed by atoms with Crippen LogP contribution in [0, 0.1) is 0 Å². The third-order valence-corrected chi connectivity index (χ3v) is 4.31. The van der Waals surface area contributed by atoms with Crippen LogP contribution >= 0.6 is 0 Å². The molecule has 1 unspecified atom stereocenters. The molecule has 100 valence electrons. The molecule has 0 saturated heterocycles. The van der Waals surface area contributed by atoms with Crippen molar-refractivity contribution in [2.75, 3.05) is 0 Å². The quantitative estimate of drug-likeness (QED) is 0.912. The van der Waals surface area contributed by atoms with Gasteiger partial charge >= 0.3 is 0 Å². The van der Waals surface area contributed by atoms with Gasteiger partial charge in [0.25, 0.3) is 0 Å². The average molecular weight is 276 g/mol. The molecule has 1 aromatic heterocycles. The molecule has 2 rings (SSSR count). The van der Waals surface area contributed by atoms with E-state index in [0.29, 0.717) is 6.42 Å². The molecule has 0 saturated carbocycles. The summed E-state index contributed by atoms with van der Waals surface area (Å²) in [5.41, 5.74) is 0.956. The van der Waals surface area contributed by atoms with Crippen LogP contribution in [0.3, 0.4) is 0 Å². The highest BCUT2D eigenvalue weighted by Gasteiger charge is 2.19. The Bertz CT molecular complexity index is 612. The van der Waals surface area contributed by atoms with Crippen molar-refractivity contribution in [2.24, 2.45) is 0 Å². The van der Waals surface area contributed by atoms with Crippen LogP contribution in [0.1, 0.15) is 24.9 Å². The minimum absolute atomic E-state index is 0.185. The predicted octanol–water partition coefficient (Wildman–Crippen LogP) is 2.51. The molecule has 1 aromatic carbocycles. The van der Waals surface area contributed by atoms with Gasteiger partial charge in [-0.3, -0.25) is 4.98 Å². The van der Waals surface area contributed by atoms with E-state index in [9.17, 15) is 8.42 Å². The number of hydrogen-bond acceptors (Lipinski definition) is 3. The van der Waals surface area contributed by atoms with Crippen molar-refractivity contribution in [3.05, 3.63) is 60.4 Å². The Kier molecular flexibility index (Phi) is 4.29. The second-order valence-electron chi connectivity index (χ2n) is 4.18. The van der Waals surface area contributed by atoms with Gasteiger partial charge < -0.3 is 0 Å². The van der Waals surface area contributed by atoms with E-state index in [1.807, 2.05) is 37.3 Å². The van der Waals surface area contributed by atoms with Crippen LogP contribution in [-0.2, 0) is 10.0 Å². The lowest BCUT2D eigenvalue weighted by Gasteiger charge is -2.17. The van der Waals surface area contributed by atoms with Crippen molar-refractivity contribution in [1.82, 2.24) is 9.71 Å². The maximum Gasteiger partial charge on any atom is 0.242 e. The Labute approximate surface area is 113 Å². The number of sulfonamides is 1. The SMILES string of the molecule is CCC(NS(=O)(=O)c1cccnc1)c1ccccc1. The first-order valence-electron chi connectivity index (χ1n) is 6.11. The van der Waals surface area contributed by atoms with Crippen molar-refractivity contribution in [1.29, 1.82) is 0 Å². The van der Waals surface area contributed by atoms with Gasteiger partial charge in [-0.05, 0) is 24.1 Å². The van der Waals surface area contributed by atoms with Crippen molar-refractivity contribution in [3.8, 4) is 0 Å². The molecule has 19 heavy (non-hydrogen) atoms. The molecular formula is C14H16N2O2S. The third kappa shape index (κ3) is 3.39. The molecule has 0 bridgehead atoms. The highest BCUT2D eigenvalue weighted by atomic mass is 32.2. The zero-order chi connectivity index (χ0) is 13.7. The van der Waals surface area contributed by atoms with Crippen LogP contribution in [0.15, 0.2) is 59.8 Å². The normalized spacial score (nSPS) is 13.1. The maximum absolute atomic E-state index is 12.2. The molecule has 0 amide bonds. The first kappa shape index (κ1) is 13.7. The molecule has 0 aliphatic heterocycles. The van der Waals surface area contributed by atoms with E-state index in [-0.39, 0.29) is 10.9 Å². The van der Waals surface area contributed by atoms with Crippen LogP contribution in [0.4, 0.5) is 0 Å². The Morgan fingerprint density at radius 2 is 1.89 bits per heavy atom. The second kappa shape index (κ2) is 5.95. The van der Waals surface area contributed by atoms with E-state index in [2.05, 4.69) is 9.71 Å². The standard InChI is InChI=1S/C14H16N2O2S/c1-2-14(12-7-4-3-5-8-12)16-19(17,18)13-9-6-10-15-11-13/h3-11,14,16H,2H2,1H3. The smallest absolute Gasteiger partial charge is 0.242 e. The summed E-state index contributed by atoms with van der Waals surface area (Å²) in [7, 11) is -3.53. The van der Waals surface area contributed by atoms with Crippen LogP contribution in [-0.4, -0.2) is 13.4 Å². The van der Waals surface area contributed by atoms with Crippen molar-refractivity contribution < 1.29 is 8.42 Å². The maximum atomic E-state index is 12.2. The molecule has 1 atom stereocenters. The van der Waals surface area contributed by atoms with Crippen molar-refractivity contribution in [3.63, 3.8) is 0 Å². The highest BCUT2D eigenvalue weighted by molar-refractivity contribution is 7.89. The fourth-order valence-corrected chi connectivity index (χ4v) is 3.10. The van der Waals surface area contributed by atoms with Crippen molar-refractivity contribution >= 4 is 10.0 Å². The number of aromatic nitrogens is 1. The average Bonchev–Trinajstić information content (AvgIpc) is 2.47. The molecule has 2 aromatic rings. The molecular weight excluding hydrogens is 260 g/mol. The van der Waals surface area contributed by atoms with Crippen LogP contribution in [0.25, 0.3) is 0 Å². The molecule has 0 radical (unpaired) electrons. The first-order valence-corrected chi connectivity index (χ1v) is 7.59. The number of pyridine rings is 1. The summed E-state index contributed by atoms with van der Waals surface area (Å²) in [6.45, 7) is 1.95. The van der Waals surface area contributed by atoms with Gasteiger partial charge in [-0.15, -0.1) is 0 Å². The van der Waals surface area contributed by atoms with E-state index in [1.54, 1.807) is 12.3 Å². The predicted molar refractivity (Wildman–Crippen MR) is 74.0 cm³/mol. The Hall–Kier alpha value is -1.72. The summed E-state index contributed by atoms with van der Waals surface area (Å²) in [6.07, 6.45) is 3.58. The topological polar surface area (TPSA) is 59.1 Å². The second-order valence-corrected chi connectivity index (χ2v) is 5.90. The largest absolute Gasteiger partial charge is 0.263 e. The summed E-state index contributed by atoms with van der Waals surface area (Å²) in [6, 6.07) is 12.5. The Morgan fingerprint density at radius 1 is 1.16 bits per heavy atom. The Balaban J connectivity index is 2.24. The van der Waals surface area contributed by atoms with E-state index in [4.69, 9.17) is 0 Å². The summed E-state index contributed by atoms with van der Waals surface area (Å²) >= 11 is 0. The highest BCUT2D eigenvalue weighted by Crippen LogP contribution is 2.19.